The van der Waals surface area contributed by atoms with Gasteiger partial charge in [-0.3, -0.25) is 0 Å². The number of hydrogen-bond acceptors (Lipinski definition) is 2. The fourth-order valence-electron chi connectivity index (χ4n) is 1.96. The Kier molecular flexibility index (Phi) is 5.34. The number of hydrogen-bond donors (Lipinski definition) is 1. The van der Waals surface area contributed by atoms with E-state index >= 15 is 0 Å². The van der Waals surface area contributed by atoms with Crippen molar-refractivity contribution in [2.45, 2.75) is 19.9 Å². The van der Waals surface area contributed by atoms with Crippen LogP contribution in [-0.2, 0) is 0 Å². The highest BCUT2D eigenvalue weighted by Gasteiger charge is 2.22. The average molecular weight is 425 g/mol. The van der Waals surface area contributed by atoms with Crippen LogP contribution in [-0.4, -0.2) is 6.54 Å². The van der Waals surface area contributed by atoms with Gasteiger partial charge in [-0.2, -0.15) is 0 Å². The van der Waals surface area contributed by atoms with Gasteiger partial charge in [-0.25, -0.2) is 8.78 Å². The van der Waals surface area contributed by atoms with Crippen molar-refractivity contribution in [3.8, 4) is 0 Å². The van der Waals surface area contributed by atoms with Crippen LogP contribution in [0.15, 0.2) is 26.5 Å². The maximum Gasteiger partial charge on any atom is 0.164 e. The van der Waals surface area contributed by atoms with Gasteiger partial charge in [0.15, 0.2) is 11.6 Å². The first kappa shape index (κ1) is 16.1. The molecule has 1 aromatic heterocycles. The lowest BCUT2D eigenvalue weighted by atomic mass is 10.0. The van der Waals surface area contributed by atoms with Crippen LogP contribution in [0.5, 0.6) is 0 Å². The van der Waals surface area contributed by atoms with Crippen LogP contribution in [0, 0.1) is 18.6 Å². The van der Waals surface area contributed by atoms with Crippen molar-refractivity contribution < 1.29 is 8.78 Å². The van der Waals surface area contributed by atoms with Crippen LogP contribution < -0.4 is 5.32 Å². The summed E-state index contributed by atoms with van der Waals surface area (Å²) in [5.74, 6) is -1.56. The molecule has 1 aromatic carbocycles. The predicted molar refractivity (Wildman–Crippen MR) is 86.3 cm³/mol. The van der Waals surface area contributed by atoms with E-state index in [0.717, 1.165) is 13.1 Å². The van der Waals surface area contributed by atoms with Crippen molar-refractivity contribution in [2.75, 3.05) is 6.54 Å². The molecule has 0 radical (unpaired) electrons. The molecule has 0 fully saturated rings. The summed E-state index contributed by atoms with van der Waals surface area (Å²) < 4.78 is 29.8. The van der Waals surface area contributed by atoms with E-state index in [4.69, 9.17) is 0 Å². The van der Waals surface area contributed by atoms with E-state index in [-0.39, 0.29) is 6.04 Å². The molecule has 2 rings (SSSR count). The van der Waals surface area contributed by atoms with Crippen molar-refractivity contribution in [3.05, 3.63) is 54.1 Å². The van der Waals surface area contributed by atoms with E-state index < -0.39 is 11.6 Å². The van der Waals surface area contributed by atoms with Crippen LogP contribution in [0.4, 0.5) is 8.78 Å². The Bertz CT molecular complexity index is 608. The second-order valence-electron chi connectivity index (χ2n) is 4.36. The molecule has 1 atom stereocenters. The Morgan fingerprint density at radius 1 is 1.25 bits per heavy atom. The van der Waals surface area contributed by atoms with Gasteiger partial charge in [-0.15, -0.1) is 11.3 Å². The standard InChI is InChI=1S/C14H13Br2F2NS/c1-3-19-13(10-6-9(15)14(16)20-10)8-5-4-7(2)11(17)12(8)18/h4-6,13,19H,3H2,1-2H3. The number of nitrogens with one attached hydrogen (secondary N) is 1. The summed E-state index contributed by atoms with van der Waals surface area (Å²) >= 11 is 8.34. The molecule has 1 unspecified atom stereocenters. The summed E-state index contributed by atoms with van der Waals surface area (Å²) in [5, 5.41) is 3.21. The molecule has 108 valence electrons. The smallest absolute Gasteiger partial charge is 0.164 e. The normalized spacial score (nSPS) is 12.7. The van der Waals surface area contributed by atoms with Crippen molar-refractivity contribution >= 4 is 43.2 Å². The molecule has 1 N–H and O–H groups in total. The summed E-state index contributed by atoms with van der Waals surface area (Å²) in [6.07, 6.45) is 0. The number of aryl methyl sites for hydroxylation is 1. The number of halogens is 4. The van der Waals surface area contributed by atoms with E-state index in [0.29, 0.717) is 17.7 Å². The Morgan fingerprint density at radius 3 is 2.50 bits per heavy atom. The van der Waals surface area contributed by atoms with Crippen molar-refractivity contribution in [1.82, 2.24) is 5.32 Å². The largest absolute Gasteiger partial charge is 0.306 e. The molecular formula is C14H13Br2F2NS. The monoisotopic (exact) mass is 423 g/mol. The van der Waals surface area contributed by atoms with E-state index in [1.54, 1.807) is 19.1 Å². The fraction of sp³-hybridized carbons (Fsp3) is 0.286. The van der Waals surface area contributed by atoms with Gasteiger partial charge in [0.05, 0.1) is 9.83 Å². The van der Waals surface area contributed by atoms with E-state index in [2.05, 4.69) is 37.2 Å². The van der Waals surface area contributed by atoms with Gasteiger partial charge in [0, 0.05) is 14.9 Å². The third-order valence-electron chi connectivity index (χ3n) is 2.97. The minimum absolute atomic E-state index is 0.315. The third-order valence-corrected chi connectivity index (χ3v) is 6.29. The zero-order valence-corrected chi connectivity index (χ0v) is 14.9. The van der Waals surface area contributed by atoms with Gasteiger partial charge < -0.3 is 5.32 Å². The molecule has 0 aliphatic heterocycles. The highest BCUT2D eigenvalue weighted by atomic mass is 79.9. The van der Waals surface area contributed by atoms with Gasteiger partial charge in [-0.1, -0.05) is 19.1 Å². The highest BCUT2D eigenvalue weighted by molar-refractivity contribution is 9.13. The van der Waals surface area contributed by atoms with Gasteiger partial charge in [-0.05, 0) is 57.0 Å². The molecular weight excluding hydrogens is 412 g/mol. The van der Waals surface area contributed by atoms with E-state index in [1.165, 1.54) is 11.3 Å². The lowest BCUT2D eigenvalue weighted by Crippen LogP contribution is -2.22. The third kappa shape index (κ3) is 3.13. The van der Waals surface area contributed by atoms with E-state index in [9.17, 15) is 8.78 Å². The number of benzene rings is 1. The lowest BCUT2D eigenvalue weighted by molar-refractivity contribution is 0.479. The van der Waals surface area contributed by atoms with Crippen molar-refractivity contribution in [3.63, 3.8) is 0 Å². The molecule has 0 spiro atoms. The predicted octanol–water partition coefficient (Wildman–Crippen LogP) is 5.56. The Hall–Kier alpha value is -0.300. The topological polar surface area (TPSA) is 12.0 Å². The van der Waals surface area contributed by atoms with Crippen LogP contribution in [0.25, 0.3) is 0 Å². The fourth-order valence-corrected chi connectivity index (χ4v) is 4.14. The Labute approximate surface area is 137 Å². The first-order valence-electron chi connectivity index (χ1n) is 6.08. The maximum atomic E-state index is 14.2. The molecule has 0 saturated carbocycles. The molecule has 6 heteroatoms. The van der Waals surface area contributed by atoms with Crippen LogP contribution in [0.3, 0.4) is 0 Å². The molecule has 0 aliphatic carbocycles. The molecule has 0 saturated heterocycles. The van der Waals surface area contributed by atoms with Gasteiger partial charge in [0.1, 0.15) is 0 Å². The highest BCUT2D eigenvalue weighted by Crippen LogP contribution is 2.38. The van der Waals surface area contributed by atoms with Crippen LogP contribution in [0.1, 0.15) is 29.0 Å². The van der Waals surface area contributed by atoms with Crippen molar-refractivity contribution in [2.24, 2.45) is 0 Å². The minimum atomic E-state index is -0.781. The molecule has 0 amide bonds. The lowest BCUT2D eigenvalue weighted by Gasteiger charge is -2.18. The van der Waals surface area contributed by atoms with Crippen LogP contribution >= 0.6 is 43.2 Å². The van der Waals surface area contributed by atoms with Crippen LogP contribution in [0.2, 0.25) is 0 Å². The zero-order valence-electron chi connectivity index (χ0n) is 10.9. The van der Waals surface area contributed by atoms with Gasteiger partial charge in [0.25, 0.3) is 0 Å². The molecule has 1 heterocycles. The molecule has 20 heavy (non-hydrogen) atoms. The Morgan fingerprint density at radius 2 is 1.95 bits per heavy atom. The summed E-state index contributed by atoms with van der Waals surface area (Å²) in [4.78, 5) is 0.924. The maximum absolute atomic E-state index is 14.2. The minimum Gasteiger partial charge on any atom is -0.306 e. The first-order chi connectivity index (χ1) is 9.45. The summed E-state index contributed by atoms with van der Waals surface area (Å²) in [5.41, 5.74) is 0.645. The van der Waals surface area contributed by atoms with Crippen molar-refractivity contribution in [1.29, 1.82) is 0 Å². The van der Waals surface area contributed by atoms with Gasteiger partial charge >= 0.3 is 0 Å². The molecule has 0 aliphatic rings. The quantitative estimate of drug-likeness (QED) is 0.677. The molecule has 0 bridgehead atoms. The number of thiophene rings is 1. The second kappa shape index (κ2) is 6.64. The Balaban J connectivity index is 2.51. The first-order valence-corrected chi connectivity index (χ1v) is 8.48. The molecule has 1 nitrogen and oxygen atoms in total. The summed E-state index contributed by atoms with van der Waals surface area (Å²) in [6, 6.07) is 4.81. The average Bonchev–Trinajstić information content (AvgIpc) is 2.74. The SMILES string of the molecule is CCNC(c1cc(Br)c(Br)s1)c1ccc(C)c(F)c1F. The molecule has 2 aromatic rings. The summed E-state index contributed by atoms with van der Waals surface area (Å²) in [6.45, 7) is 4.16. The summed E-state index contributed by atoms with van der Waals surface area (Å²) in [7, 11) is 0. The zero-order chi connectivity index (χ0) is 14.9. The van der Waals surface area contributed by atoms with E-state index in [1.807, 2.05) is 13.0 Å². The van der Waals surface area contributed by atoms with Gasteiger partial charge in [0.2, 0.25) is 0 Å². The second-order valence-corrected chi connectivity index (χ2v) is 7.62. The number of rotatable bonds is 4.